The van der Waals surface area contributed by atoms with Crippen LogP contribution in [0.3, 0.4) is 0 Å². The monoisotopic (exact) mass is 604 g/mol. The van der Waals surface area contributed by atoms with Gasteiger partial charge in [0.25, 0.3) is 0 Å². The fraction of sp³-hybridized carbons (Fsp3) is 0.633. The number of hydrogen-bond acceptors (Lipinski definition) is 7. The highest BCUT2D eigenvalue weighted by molar-refractivity contribution is 7.80. The summed E-state index contributed by atoms with van der Waals surface area (Å²) in [6.45, 7) is 3.04. The molecule has 1 heterocycles. The lowest BCUT2D eigenvalue weighted by atomic mass is 10.1. The number of hydrogen-bond donors (Lipinski definition) is 6. The summed E-state index contributed by atoms with van der Waals surface area (Å²) in [7, 11) is 0. The number of nitrogens with one attached hydrogen (secondary N) is 4. The van der Waals surface area contributed by atoms with Gasteiger partial charge in [-0.25, -0.2) is 0 Å². The predicted octanol–water partition coefficient (Wildman–Crippen LogP) is 1.06. The second-order valence-electron chi connectivity index (χ2n) is 10.6. The minimum atomic E-state index is -0.783. The molecule has 1 saturated heterocycles. The fourth-order valence-electron chi connectivity index (χ4n) is 4.90. The summed E-state index contributed by atoms with van der Waals surface area (Å²) in [4.78, 5) is 65.7. The highest BCUT2D eigenvalue weighted by Gasteiger charge is 2.36. The van der Waals surface area contributed by atoms with Crippen molar-refractivity contribution in [2.75, 3.05) is 31.9 Å². The Hall–Kier alpha value is -3.12. The SMILES string of the molecule is CCCC[C@@H](NC(=O)[C@@H]1CCCN1C(=O)CNC(=O)[C@H](CCCCN)NC(=O)CCS)C(=O)NCCc1ccccc1. The lowest BCUT2D eigenvalue weighted by Crippen LogP contribution is -2.55. The van der Waals surface area contributed by atoms with E-state index in [-0.39, 0.29) is 36.6 Å². The number of carbonyl (C=O) groups excluding carboxylic acids is 5. The molecule has 12 heteroatoms. The summed E-state index contributed by atoms with van der Waals surface area (Å²) in [5, 5.41) is 11.1. The molecule has 0 aromatic heterocycles. The lowest BCUT2D eigenvalue weighted by molar-refractivity contribution is -0.140. The van der Waals surface area contributed by atoms with Crippen LogP contribution < -0.4 is 27.0 Å². The second-order valence-corrected chi connectivity index (χ2v) is 11.0. The average Bonchev–Trinajstić information content (AvgIpc) is 3.48. The average molecular weight is 605 g/mol. The van der Waals surface area contributed by atoms with E-state index in [1.165, 1.54) is 4.90 Å². The van der Waals surface area contributed by atoms with Gasteiger partial charge >= 0.3 is 0 Å². The zero-order chi connectivity index (χ0) is 30.7. The first kappa shape index (κ1) is 35.1. The molecule has 1 aliphatic heterocycles. The third-order valence-electron chi connectivity index (χ3n) is 7.26. The maximum Gasteiger partial charge on any atom is 0.243 e. The number of nitrogens with two attached hydrogens (primary N) is 1. The van der Waals surface area contributed by atoms with E-state index in [9.17, 15) is 24.0 Å². The molecule has 0 bridgehead atoms. The predicted molar refractivity (Wildman–Crippen MR) is 166 cm³/mol. The summed E-state index contributed by atoms with van der Waals surface area (Å²) in [5.41, 5.74) is 6.67. The molecule has 11 nitrogen and oxygen atoms in total. The molecule has 0 spiro atoms. The molecule has 5 amide bonds. The zero-order valence-corrected chi connectivity index (χ0v) is 25.6. The molecule has 0 aliphatic carbocycles. The fourth-order valence-corrected chi connectivity index (χ4v) is 5.10. The van der Waals surface area contributed by atoms with E-state index in [0.717, 1.165) is 18.4 Å². The van der Waals surface area contributed by atoms with Gasteiger partial charge in [0, 0.05) is 19.5 Å². The van der Waals surface area contributed by atoms with Gasteiger partial charge in [0.15, 0.2) is 0 Å². The maximum absolute atomic E-state index is 13.3. The summed E-state index contributed by atoms with van der Waals surface area (Å²) in [6, 6.07) is 7.65. The summed E-state index contributed by atoms with van der Waals surface area (Å²) < 4.78 is 0. The van der Waals surface area contributed by atoms with Crippen molar-refractivity contribution in [3.8, 4) is 0 Å². The van der Waals surface area contributed by atoms with Crippen molar-refractivity contribution < 1.29 is 24.0 Å². The standard InChI is InChI=1S/C30H48N6O5S/c1-2-3-12-24(28(39)32-18-15-22-10-5-4-6-11-22)35-30(41)25-14-9-19-36(25)27(38)21-33-29(40)23(13-7-8-17-31)34-26(37)16-20-42/h4-6,10-11,23-25,42H,2-3,7-9,12-21,31H2,1H3,(H,32,39)(H,33,40)(H,34,37)(H,35,41)/t23-,24+,25-/m0/s1. The molecule has 2 rings (SSSR count). The van der Waals surface area contributed by atoms with Crippen molar-refractivity contribution >= 4 is 42.2 Å². The van der Waals surface area contributed by atoms with Crippen molar-refractivity contribution in [1.82, 2.24) is 26.2 Å². The molecule has 42 heavy (non-hydrogen) atoms. The number of likely N-dealkylation sites (tertiary alicyclic amines) is 1. The first-order chi connectivity index (χ1) is 20.3. The van der Waals surface area contributed by atoms with Gasteiger partial charge in [-0.15, -0.1) is 0 Å². The molecule has 3 atom stereocenters. The topological polar surface area (TPSA) is 163 Å². The molecule has 234 valence electrons. The Morgan fingerprint density at radius 3 is 2.36 bits per heavy atom. The van der Waals surface area contributed by atoms with Crippen LogP contribution >= 0.6 is 12.6 Å². The van der Waals surface area contributed by atoms with Crippen LogP contribution in [0.4, 0.5) is 0 Å². The number of unbranched alkanes of at least 4 members (excludes halogenated alkanes) is 2. The number of thiol groups is 1. The molecule has 0 saturated carbocycles. The molecule has 1 aliphatic rings. The molecular weight excluding hydrogens is 556 g/mol. The second kappa shape index (κ2) is 19.9. The van der Waals surface area contributed by atoms with E-state index in [4.69, 9.17) is 5.73 Å². The lowest BCUT2D eigenvalue weighted by Gasteiger charge is -2.27. The first-order valence-electron chi connectivity index (χ1n) is 15.1. The van der Waals surface area contributed by atoms with E-state index in [0.29, 0.717) is 70.3 Å². The third kappa shape index (κ3) is 12.4. The van der Waals surface area contributed by atoms with E-state index in [1.807, 2.05) is 37.3 Å². The quantitative estimate of drug-likeness (QED) is 0.102. The van der Waals surface area contributed by atoms with E-state index in [2.05, 4.69) is 33.9 Å². The molecule has 1 fully saturated rings. The van der Waals surface area contributed by atoms with E-state index in [1.54, 1.807) is 0 Å². The number of amides is 5. The van der Waals surface area contributed by atoms with Crippen LogP contribution in [0, 0.1) is 0 Å². The molecule has 0 unspecified atom stereocenters. The van der Waals surface area contributed by atoms with Crippen molar-refractivity contribution in [1.29, 1.82) is 0 Å². The van der Waals surface area contributed by atoms with Crippen LogP contribution in [-0.2, 0) is 30.4 Å². The van der Waals surface area contributed by atoms with Crippen LogP contribution in [0.25, 0.3) is 0 Å². The van der Waals surface area contributed by atoms with Crippen LogP contribution in [0.5, 0.6) is 0 Å². The molecule has 1 aromatic rings. The van der Waals surface area contributed by atoms with Gasteiger partial charge in [0.1, 0.15) is 18.1 Å². The normalized spacial score (nSPS) is 15.9. The summed E-state index contributed by atoms with van der Waals surface area (Å²) in [5.74, 6) is -1.39. The molecule has 0 radical (unpaired) electrons. The number of nitrogens with zero attached hydrogens (tertiary/aromatic N) is 1. The zero-order valence-electron chi connectivity index (χ0n) is 24.7. The van der Waals surface area contributed by atoms with Crippen LogP contribution in [0.2, 0.25) is 0 Å². The Bertz CT molecular complexity index is 1010. The Balaban J connectivity index is 1.93. The number of rotatable bonds is 19. The first-order valence-corrected chi connectivity index (χ1v) is 15.7. The Morgan fingerprint density at radius 2 is 1.67 bits per heavy atom. The molecule has 6 N–H and O–H groups in total. The highest BCUT2D eigenvalue weighted by Crippen LogP contribution is 2.18. The minimum Gasteiger partial charge on any atom is -0.354 e. The van der Waals surface area contributed by atoms with Crippen LogP contribution in [-0.4, -0.2) is 84.5 Å². The summed E-state index contributed by atoms with van der Waals surface area (Å²) >= 11 is 4.06. The Labute approximate surface area is 254 Å². The highest BCUT2D eigenvalue weighted by atomic mass is 32.1. The smallest absolute Gasteiger partial charge is 0.243 e. The van der Waals surface area contributed by atoms with Crippen molar-refractivity contribution in [2.24, 2.45) is 5.73 Å². The number of carbonyl (C=O) groups is 5. The summed E-state index contributed by atoms with van der Waals surface area (Å²) in [6.07, 6.45) is 5.88. The maximum atomic E-state index is 13.3. The van der Waals surface area contributed by atoms with Gasteiger partial charge < -0.3 is 31.9 Å². The van der Waals surface area contributed by atoms with Gasteiger partial charge in [0.05, 0.1) is 6.54 Å². The van der Waals surface area contributed by atoms with Gasteiger partial charge in [-0.2, -0.15) is 12.6 Å². The minimum absolute atomic E-state index is 0.178. The van der Waals surface area contributed by atoms with Gasteiger partial charge in [-0.05, 0) is 62.8 Å². The number of benzene rings is 1. The van der Waals surface area contributed by atoms with Crippen LogP contribution in [0.1, 0.15) is 70.3 Å². The van der Waals surface area contributed by atoms with Gasteiger partial charge in [0.2, 0.25) is 29.5 Å². The largest absolute Gasteiger partial charge is 0.354 e. The van der Waals surface area contributed by atoms with Crippen LogP contribution in [0.15, 0.2) is 30.3 Å². The van der Waals surface area contributed by atoms with Gasteiger partial charge in [-0.3, -0.25) is 24.0 Å². The van der Waals surface area contributed by atoms with Crippen molar-refractivity contribution in [3.05, 3.63) is 35.9 Å². The molecule has 1 aromatic carbocycles. The van der Waals surface area contributed by atoms with Gasteiger partial charge in [-0.1, -0.05) is 50.1 Å². The Morgan fingerprint density at radius 1 is 0.976 bits per heavy atom. The van der Waals surface area contributed by atoms with E-state index < -0.39 is 24.0 Å². The third-order valence-corrected chi connectivity index (χ3v) is 7.49. The van der Waals surface area contributed by atoms with Crippen molar-refractivity contribution in [3.63, 3.8) is 0 Å². The van der Waals surface area contributed by atoms with E-state index >= 15 is 0 Å². The molecular formula is C30H48N6O5S. The van der Waals surface area contributed by atoms with Crippen molar-refractivity contribution in [2.45, 2.75) is 89.3 Å². The Kier molecular flexibility index (Phi) is 16.6.